The lowest BCUT2D eigenvalue weighted by Gasteiger charge is -2.34. The fraction of sp³-hybridized carbons (Fsp3) is 0.478. The van der Waals surface area contributed by atoms with Crippen LogP contribution in [-0.4, -0.2) is 17.5 Å². The lowest BCUT2D eigenvalue weighted by atomic mass is 9.91. The molecule has 0 spiro atoms. The molecule has 0 saturated carbocycles. The van der Waals surface area contributed by atoms with E-state index in [1.165, 1.54) is 0 Å². The van der Waals surface area contributed by atoms with Crippen LogP contribution in [0.25, 0.3) is 10.8 Å². The van der Waals surface area contributed by atoms with Crippen LogP contribution in [0.4, 0.5) is 0 Å². The summed E-state index contributed by atoms with van der Waals surface area (Å²) < 4.78 is 17.8. The zero-order chi connectivity index (χ0) is 20.3. The monoisotopic (exact) mass is 384 g/mol. The third-order valence-electron chi connectivity index (χ3n) is 4.87. The van der Waals surface area contributed by atoms with E-state index in [9.17, 15) is 9.59 Å². The van der Waals surface area contributed by atoms with Crippen LogP contribution in [0.1, 0.15) is 65.4 Å². The van der Waals surface area contributed by atoms with Gasteiger partial charge in [0, 0.05) is 29.2 Å². The number of carbonyl (C=O) groups excluding carboxylic acids is 2. The van der Waals surface area contributed by atoms with Crippen molar-refractivity contribution < 1.29 is 23.8 Å². The number of hydrogen-bond acceptors (Lipinski definition) is 5. The third-order valence-corrected chi connectivity index (χ3v) is 4.87. The van der Waals surface area contributed by atoms with Crippen molar-refractivity contribution in [2.24, 2.45) is 0 Å². The molecule has 0 radical (unpaired) electrons. The van der Waals surface area contributed by atoms with Crippen molar-refractivity contribution >= 4 is 22.7 Å². The average Bonchev–Trinajstić information content (AvgIpc) is 2.64. The van der Waals surface area contributed by atoms with E-state index < -0.39 is 0 Å². The Morgan fingerprint density at radius 3 is 2.14 bits per heavy atom. The highest BCUT2D eigenvalue weighted by molar-refractivity contribution is 5.99. The Labute approximate surface area is 166 Å². The Hall–Kier alpha value is -2.56. The van der Waals surface area contributed by atoms with E-state index >= 15 is 0 Å². The fourth-order valence-electron chi connectivity index (χ4n) is 3.45. The number of rotatable bonds is 6. The molecule has 0 amide bonds. The van der Waals surface area contributed by atoms with Crippen molar-refractivity contribution in [3.05, 3.63) is 29.8 Å². The molecule has 0 aliphatic carbocycles. The summed E-state index contributed by atoms with van der Waals surface area (Å²) in [6, 6.07) is 7.61. The normalized spacial score (nSPS) is 14.9. The van der Waals surface area contributed by atoms with Crippen LogP contribution in [0.3, 0.4) is 0 Å². The van der Waals surface area contributed by atoms with Gasteiger partial charge in [0.2, 0.25) is 0 Å². The van der Waals surface area contributed by atoms with Gasteiger partial charge < -0.3 is 14.2 Å². The molecule has 0 aromatic heterocycles. The Balaban J connectivity index is 2.22. The lowest BCUT2D eigenvalue weighted by Crippen LogP contribution is -2.33. The summed E-state index contributed by atoms with van der Waals surface area (Å²) in [6.07, 6.45) is 3.43. The maximum absolute atomic E-state index is 12.3. The van der Waals surface area contributed by atoms with E-state index in [1.54, 1.807) is 0 Å². The third kappa shape index (κ3) is 4.13. The van der Waals surface area contributed by atoms with Crippen LogP contribution in [0.2, 0.25) is 0 Å². The van der Waals surface area contributed by atoms with E-state index in [4.69, 9.17) is 14.2 Å². The quantitative estimate of drug-likeness (QED) is 0.496. The molecule has 150 valence electrons. The maximum atomic E-state index is 12.3. The Kier molecular flexibility index (Phi) is 5.92. The van der Waals surface area contributed by atoms with Crippen molar-refractivity contribution in [1.82, 2.24) is 0 Å². The van der Waals surface area contributed by atoms with E-state index in [0.717, 1.165) is 17.4 Å². The maximum Gasteiger partial charge on any atom is 0.311 e. The molecule has 1 heterocycles. The molecule has 0 unspecified atom stereocenters. The minimum absolute atomic E-state index is 0.302. The molecule has 2 aromatic carbocycles. The van der Waals surface area contributed by atoms with E-state index in [0.29, 0.717) is 54.7 Å². The van der Waals surface area contributed by atoms with Crippen LogP contribution in [0, 0.1) is 0 Å². The fourth-order valence-corrected chi connectivity index (χ4v) is 3.45. The summed E-state index contributed by atoms with van der Waals surface area (Å²) in [5.41, 5.74) is 0.475. The first-order valence-corrected chi connectivity index (χ1v) is 10.0. The minimum atomic E-state index is -0.336. The molecule has 0 bridgehead atoms. The van der Waals surface area contributed by atoms with Gasteiger partial charge in [0.05, 0.1) is 0 Å². The largest absolute Gasteiger partial charge is 0.487 e. The number of ether oxygens (including phenoxy) is 3. The van der Waals surface area contributed by atoms with Crippen molar-refractivity contribution in [3.8, 4) is 17.2 Å². The Morgan fingerprint density at radius 2 is 1.54 bits per heavy atom. The van der Waals surface area contributed by atoms with E-state index in [2.05, 4.69) is 0 Å². The van der Waals surface area contributed by atoms with Gasteiger partial charge in [0.1, 0.15) is 11.4 Å². The topological polar surface area (TPSA) is 61.8 Å². The smallest absolute Gasteiger partial charge is 0.311 e. The molecule has 0 saturated heterocycles. The second-order valence-corrected chi connectivity index (χ2v) is 7.82. The van der Waals surface area contributed by atoms with Gasteiger partial charge in [0.15, 0.2) is 11.5 Å². The molecule has 1 aliphatic heterocycles. The lowest BCUT2D eigenvalue weighted by molar-refractivity contribution is -0.137. The predicted octanol–water partition coefficient (Wildman–Crippen LogP) is 5.35. The summed E-state index contributed by atoms with van der Waals surface area (Å²) in [7, 11) is 0. The SMILES string of the molecule is CCCC(=O)Oc1c2c(c3ccccc3c1OC(=O)CCC)OC(C)(C)CC2. The predicted molar refractivity (Wildman–Crippen MR) is 108 cm³/mol. The molecule has 0 atom stereocenters. The summed E-state index contributed by atoms with van der Waals surface area (Å²) >= 11 is 0. The molecule has 0 fully saturated rings. The first-order valence-electron chi connectivity index (χ1n) is 10.0. The second kappa shape index (κ2) is 8.21. The van der Waals surface area contributed by atoms with Crippen LogP contribution in [-0.2, 0) is 16.0 Å². The Bertz CT molecular complexity index is 897. The molecule has 3 rings (SSSR count). The first kappa shape index (κ1) is 20.2. The Morgan fingerprint density at radius 1 is 0.964 bits per heavy atom. The molecule has 2 aromatic rings. The van der Waals surface area contributed by atoms with Crippen LogP contribution in [0.15, 0.2) is 24.3 Å². The molecular formula is C23H28O5. The van der Waals surface area contributed by atoms with Gasteiger partial charge in [-0.15, -0.1) is 0 Å². The molecule has 0 N–H and O–H groups in total. The van der Waals surface area contributed by atoms with Crippen LogP contribution >= 0.6 is 0 Å². The van der Waals surface area contributed by atoms with Crippen molar-refractivity contribution in [3.63, 3.8) is 0 Å². The van der Waals surface area contributed by atoms with Gasteiger partial charge in [-0.2, -0.15) is 0 Å². The molecule has 1 aliphatic rings. The molecule has 5 nitrogen and oxygen atoms in total. The zero-order valence-corrected chi connectivity index (χ0v) is 17.1. The van der Waals surface area contributed by atoms with Gasteiger partial charge >= 0.3 is 11.9 Å². The van der Waals surface area contributed by atoms with Crippen molar-refractivity contribution in [1.29, 1.82) is 0 Å². The summed E-state index contributed by atoms with van der Waals surface area (Å²) in [5, 5.41) is 1.57. The molecule has 5 heteroatoms. The van der Waals surface area contributed by atoms with Crippen LogP contribution in [0.5, 0.6) is 17.2 Å². The first-order chi connectivity index (χ1) is 13.4. The van der Waals surface area contributed by atoms with Gasteiger partial charge in [0.25, 0.3) is 0 Å². The zero-order valence-electron chi connectivity index (χ0n) is 17.1. The number of esters is 2. The molecule has 28 heavy (non-hydrogen) atoms. The minimum Gasteiger partial charge on any atom is -0.487 e. The van der Waals surface area contributed by atoms with Gasteiger partial charge in [-0.25, -0.2) is 0 Å². The van der Waals surface area contributed by atoms with Crippen LogP contribution < -0.4 is 14.2 Å². The second-order valence-electron chi connectivity index (χ2n) is 7.82. The number of benzene rings is 2. The summed E-state index contributed by atoms with van der Waals surface area (Å²) in [6.45, 7) is 7.93. The summed E-state index contributed by atoms with van der Waals surface area (Å²) in [5.74, 6) is 0.684. The number of fused-ring (bicyclic) bond motifs is 3. The molecular weight excluding hydrogens is 356 g/mol. The standard InChI is InChI=1S/C23H28O5/c1-5-9-18(24)26-21-16-12-8-7-11-15(16)20-17(13-14-23(3,4)28-20)22(21)27-19(25)10-6-2/h7-8,11-12H,5-6,9-10,13-14H2,1-4H3. The highest BCUT2D eigenvalue weighted by Crippen LogP contribution is 2.50. The van der Waals surface area contributed by atoms with Gasteiger partial charge in [-0.3, -0.25) is 9.59 Å². The van der Waals surface area contributed by atoms with E-state index in [1.807, 2.05) is 52.0 Å². The van der Waals surface area contributed by atoms with Gasteiger partial charge in [-0.05, 0) is 39.5 Å². The number of hydrogen-bond donors (Lipinski definition) is 0. The summed E-state index contributed by atoms with van der Waals surface area (Å²) in [4.78, 5) is 24.6. The highest BCUT2D eigenvalue weighted by Gasteiger charge is 2.34. The highest BCUT2D eigenvalue weighted by atomic mass is 16.6. The van der Waals surface area contributed by atoms with Crippen molar-refractivity contribution in [2.45, 2.75) is 71.8 Å². The average molecular weight is 384 g/mol. The van der Waals surface area contributed by atoms with E-state index in [-0.39, 0.29) is 17.5 Å². The number of carbonyl (C=O) groups is 2. The van der Waals surface area contributed by atoms with Crippen molar-refractivity contribution in [2.75, 3.05) is 0 Å². The van der Waals surface area contributed by atoms with Gasteiger partial charge in [-0.1, -0.05) is 38.1 Å².